The molecule has 1 saturated heterocycles. The van der Waals surface area contributed by atoms with Crippen LogP contribution in [0.5, 0.6) is 0 Å². The zero-order valence-corrected chi connectivity index (χ0v) is 10.6. The lowest BCUT2D eigenvalue weighted by molar-refractivity contribution is -0.140. The molecule has 0 aliphatic carbocycles. The van der Waals surface area contributed by atoms with Gasteiger partial charge in [0.05, 0.1) is 6.61 Å². The Hall–Kier alpha value is -1.83. The molecule has 1 rings (SSSR count). The van der Waals surface area contributed by atoms with Crippen molar-refractivity contribution in [2.24, 2.45) is 0 Å². The molecule has 0 bridgehead atoms. The highest BCUT2D eigenvalue weighted by Gasteiger charge is 2.20. The van der Waals surface area contributed by atoms with Crippen LogP contribution >= 0.6 is 0 Å². The summed E-state index contributed by atoms with van der Waals surface area (Å²) in [6, 6.07) is -2.05. The first kappa shape index (κ1) is 15.2. The summed E-state index contributed by atoms with van der Waals surface area (Å²) in [7, 11) is 0. The van der Waals surface area contributed by atoms with Crippen molar-refractivity contribution in [2.45, 2.75) is 25.3 Å². The molecule has 0 unspecified atom stereocenters. The van der Waals surface area contributed by atoms with Gasteiger partial charge in [-0.3, -0.25) is 4.79 Å². The Morgan fingerprint density at radius 2 is 1.84 bits per heavy atom. The lowest BCUT2D eigenvalue weighted by Crippen LogP contribution is -2.48. The fourth-order valence-electron chi connectivity index (χ4n) is 1.80. The number of carbonyl (C=O) groups excluding carboxylic acids is 2. The Kier molecular flexibility index (Phi) is 6.07. The third kappa shape index (κ3) is 5.12. The van der Waals surface area contributed by atoms with Gasteiger partial charge in [0, 0.05) is 26.1 Å². The molecule has 8 heteroatoms. The van der Waals surface area contributed by atoms with E-state index in [0.717, 1.165) is 25.9 Å². The summed E-state index contributed by atoms with van der Waals surface area (Å²) in [5.41, 5.74) is 0. The standard InChI is InChI=1S/C11H19N3O5/c15-7-8(10(17)18)13-11(19)12-4-3-9(16)14-5-1-2-6-14/h8,15H,1-7H2,(H,17,18)(H2,12,13,19)/t8-/m1/s1. The van der Waals surface area contributed by atoms with Gasteiger partial charge in [-0.05, 0) is 12.8 Å². The minimum atomic E-state index is -1.34. The zero-order chi connectivity index (χ0) is 14.3. The van der Waals surface area contributed by atoms with Gasteiger partial charge in [0.15, 0.2) is 6.04 Å². The van der Waals surface area contributed by atoms with Crippen LogP contribution in [0.15, 0.2) is 0 Å². The van der Waals surface area contributed by atoms with Gasteiger partial charge >= 0.3 is 12.0 Å². The molecule has 0 aromatic heterocycles. The van der Waals surface area contributed by atoms with Gasteiger partial charge in [-0.2, -0.15) is 0 Å². The number of aliphatic hydroxyl groups is 1. The molecule has 19 heavy (non-hydrogen) atoms. The number of carboxylic acid groups (broad SMARTS) is 1. The zero-order valence-electron chi connectivity index (χ0n) is 10.6. The van der Waals surface area contributed by atoms with Crippen LogP contribution in [0.4, 0.5) is 4.79 Å². The molecule has 1 fully saturated rings. The van der Waals surface area contributed by atoms with Crippen LogP contribution in [0.1, 0.15) is 19.3 Å². The smallest absolute Gasteiger partial charge is 0.328 e. The number of hydrogen-bond donors (Lipinski definition) is 4. The molecule has 1 atom stereocenters. The predicted octanol–water partition coefficient (Wildman–Crippen LogP) is -1.26. The Bertz CT molecular complexity index is 341. The highest BCUT2D eigenvalue weighted by molar-refractivity contribution is 5.83. The van der Waals surface area contributed by atoms with E-state index in [0.29, 0.717) is 0 Å². The highest BCUT2D eigenvalue weighted by atomic mass is 16.4. The van der Waals surface area contributed by atoms with E-state index in [4.69, 9.17) is 10.2 Å². The SMILES string of the molecule is O=C(NCCC(=O)N1CCCC1)N[C@H](CO)C(=O)O. The molecule has 0 spiro atoms. The number of urea groups is 1. The number of hydrogen-bond acceptors (Lipinski definition) is 4. The molecular weight excluding hydrogens is 254 g/mol. The van der Waals surface area contributed by atoms with Gasteiger partial charge < -0.3 is 25.7 Å². The number of aliphatic carboxylic acids is 1. The van der Waals surface area contributed by atoms with Gasteiger partial charge in [0.2, 0.25) is 5.91 Å². The van der Waals surface area contributed by atoms with E-state index >= 15 is 0 Å². The molecule has 3 amide bonds. The molecule has 8 nitrogen and oxygen atoms in total. The molecule has 108 valence electrons. The number of carbonyl (C=O) groups is 3. The highest BCUT2D eigenvalue weighted by Crippen LogP contribution is 2.08. The fraction of sp³-hybridized carbons (Fsp3) is 0.727. The molecular formula is C11H19N3O5. The first-order valence-corrected chi connectivity index (χ1v) is 6.20. The van der Waals surface area contributed by atoms with E-state index in [2.05, 4.69) is 10.6 Å². The van der Waals surface area contributed by atoms with Crippen LogP contribution in [0, 0.1) is 0 Å². The molecule has 0 radical (unpaired) electrons. The second-order valence-electron chi connectivity index (χ2n) is 4.31. The second-order valence-corrected chi connectivity index (χ2v) is 4.31. The number of nitrogens with zero attached hydrogens (tertiary/aromatic N) is 1. The van der Waals surface area contributed by atoms with Crippen LogP contribution in [-0.4, -0.2) is 65.3 Å². The summed E-state index contributed by atoms with van der Waals surface area (Å²) in [5.74, 6) is -1.33. The quantitative estimate of drug-likeness (QED) is 0.482. The van der Waals surface area contributed by atoms with Crippen LogP contribution in [-0.2, 0) is 9.59 Å². The van der Waals surface area contributed by atoms with Gasteiger partial charge in [-0.15, -0.1) is 0 Å². The maximum absolute atomic E-state index is 11.6. The van der Waals surface area contributed by atoms with E-state index in [1.54, 1.807) is 4.90 Å². The van der Waals surface area contributed by atoms with Crippen molar-refractivity contribution in [3.05, 3.63) is 0 Å². The van der Waals surface area contributed by atoms with E-state index in [1.165, 1.54) is 0 Å². The van der Waals surface area contributed by atoms with Crippen molar-refractivity contribution < 1.29 is 24.6 Å². The van der Waals surface area contributed by atoms with Gasteiger partial charge in [0.25, 0.3) is 0 Å². The second kappa shape index (κ2) is 7.57. The monoisotopic (exact) mass is 273 g/mol. The normalized spacial score (nSPS) is 15.9. The Morgan fingerprint density at radius 1 is 1.21 bits per heavy atom. The number of likely N-dealkylation sites (tertiary alicyclic amines) is 1. The van der Waals surface area contributed by atoms with E-state index in [-0.39, 0.29) is 18.9 Å². The molecule has 4 N–H and O–H groups in total. The third-order valence-electron chi connectivity index (χ3n) is 2.87. The van der Waals surface area contributed by atoms with Crippen molar-refractivity contribution >= 4 is 17.9 Å². The van der Waals surface area contributed by atoms with Gasteiger partial charge in [-0.25, -0.2) is 9.59 Å². The largest absolute Gasteiger partial charge is 0.480 e. The summed E-state index contributed by atoms with van der Waals surface area (Å²) in [4.78, 5) is 35.2. The Morgan fingerprint density at radius 3 is 2.37 bits per heavy atom. The minimum Gasteiger partial charge on any atom is -0.480 e. The maximum atomic E-state index is 11.6. The number of aliphatic hydroxyl groups excluding tert-OH is 1. The van der Waals surface area contributed by atoms with E-state index in [1.807, 2.05) is 0 Å². The lowest BCUT2D eigenvalue weighted by atomic mass is 10.3. The number of carboxylic acids is 1. The summed E-state index contributed by atoms with van der Waals surface area (Å²) >= 11 is 0. The summed E-state index contributed by atoms with van der Waals surface area (Å²) < 4.78 is 0. The fourth-order valence-corrected chi connectivity index (χ4v) is 1.80. The molecule has 0 saturated carbocycles. The van der Waals surface area contributed by atoms with Crippen molar-refractivity contribution in [2.75, 3.05) is 26.2 Å². The number of amides is 3. The Labute approximate surface area is 110 Å². The first-order chi connectivity index (χ1) is 9.04. The van der Waals surface area contributed by atoms with Crippen LogP contribution < -0.4 is 10.6 Å². The van der Waals surface area contributed by atoms with E-state index in [9.17, 15) is 14.4 Å². The van der Waals surface area contributed by atoms with Crippen LogP contribution in [0.2, 0.25) is 0 Å². The third-order valence-corrected chi connectivity index (χ3v) is 2.87. The van der Waals surface area contributed by atoms with Crippen LogP contribution in [0.25, 0.3) is 0 Å². The minimum absolute atomic E-state index is 0.0188. The average molecular weight is 273 g/mol. The predicted molar refractivity (Wildman–Crippen MR) is 65.5 cm³/mol. The number of rotatable bonds is 6. The molecule has 0 aromatic carbocycles. The maximum Gasteiger partial charge on any atom is 0.328 e. The van der Waals surface area contributed by atoms with Gasteiger partial charge in [-0.1, -0.05) is 0 Å². The Balaban J connectivity index is 2.19. The topological polar surface area (TPSA) is 119 Å². The van der Waals surface area contributed by atoms with Gasteiger partial charge in [0.1, 0.15) is 0 Å². The van der Waals surface area contributed by atoms with Crippen molar-refractivity contribution in [1.29, 1.82) is 0 Å². The van der Waals surface area contributed by atoms with Crippen molar-refractivity contribution in [3.8, 4) is 0 Å². The molecule has 1 aliphatic rings. The first-order valence-electron chi connectivity index (χ1n) is 6.20. The molecule has 1 heterocycles. The summed E-state index contributed by atoms with van der Waals surface area (Å²) in [5, 5.41) is 21.8. The summed E-state index contributed by atoms with van der Waals surface area (Å²) in [6.45, 7) is 0.974. The van der Waals surface area contributed by atoms with Crippen molar-refractivity contribution in [3.63, 3.8) is 0 Å². The molecule has 1 aliphatic heterocycles. The van der Waals surface area contributed by atoms with Crippen LogP contribution in [0.3, 0.4) is 0 Å². The van der Waals surface area contributed by atoms with E-state index < -0.39 is 24.6 Å². The average Bonchev–Trinajstić information content (AvgIpc) is 2.89. The summed E-state index contributed by atoms with van der Waals surface area (Å²) in [6.07, 6.45) is 2.21. The molecule has 0 aromatic rings. The lowest BCUT2D eigenvalue weighted by Gasteiger charge is -2.16. The van der Waals surface area contributed by atoms with Crippen molar-refractivity contribution in [1.82, 2.24) is 15.5 Å². The number of nitrogens with one attached hydrogen (secondary N) is 2.